The lowest BCUT2D eigenvalue weighted by atomic mass is 9.78. The van der Waals surface area contributed by atoms with Crippen molar-refractivity contribution in [3.8, 4) is 5.69 Å². The SMILES string of the molecule is CNC(CC(C)C(C)(C)C)c1cnnn1-c1ccccc1. The van der Waals surface area contributed by atoms with Gasteiger partial charge in [0, 0.05) is 0 Å². The van der Waals surface area contributed by atoms with Crippen LogP contribution in [0.5, 0.6) is 0 Å². The zero-order valence-corrected chi connectivity index (χ0v) is 13.7. The molecule has 0 spiro atoms. The molecule has 2 aromatic rings. The molecule has 0 saturated heterocycles. The average molecular weight is 286 g/mol. The number of rotatable bonds is 5. The summed E-state index contributed by atoms with van der Waals surface area (Å²) in [5.41, 5.74) is 2.45. The van der Waals surface area contributed by atoms with Crippen LogP contribution >= 0.6 is 0 Å². The highest BCUT2D eigenvalue weighted by Gasteiger charge is 2.25. The third kappa shape index (κ3) is 3.70. The standard InChI is InChI=1S/C17H26N4/c1-13(17(2,3)4)11-15(18-5)16-12-19-20-21(16)14-9-7-6-8-10-14/h6-10,12-13,15,18H,11H2,1-5H3. The van der Waals surface area contributed by atoms with Crippen LogP contribution in [0.1, 0.15) is 45.9 Å². The van der Waals surface area contributed by atoms with Gasteiger partial charge in [-0.05, 0) is 36.9 Å². The minimum absolute atomic E-state index is 0.245. The fraction of sp³-hybridized carbons (Fsp3) is 0.529. The van der Waals surface area contributed by atoms with Gasteiger partial charge in [0.1, 0.15) is 0 Å². The van der Waals surface area contributed by atoms with E-state index in [2.05, 4.69) is 55.5 Å². The summed E-state index contributed by atoms with van der Waals surface area (Å²) >= 11 is 0. The molecule has 114 valence electrons. The second-order valence-corrected chi connectivity index (χ2v) is 6.75. The number of para-hydroxylation sites is 1. The second kappa shape index (κ2) is 6.39. The smallest absolute Gasteiger partial charge is 0.0815 e. The third-order valence-electron chi connectivity index (χ3n) is 4.35. The summed E-state index contributed by atoms with van der Waals surface area (Å²) in [6.07, 6.45) is 2.92. The minimum Gasteiger partial charge on any atom is -0.312 e. The number of hydrogen-bond donors (Lipinski definition) is 1. The van der Waals surface area contributed by atoms with E-state index in [0.717, 1.165) is 17.8 Å². The molecule has 0 radical (unpaired) electrons. The normalized spacial score (nSPS) is 14.9. The van der Waals surface area contributed by atoms with Gasteiger partial charge in [0.05, 0.1) is 23.6 Å². The molecule has 4 heteroatoms. The van der Waals surface area contributed by atoms with Crippen LogP contribution in [0.25, 0.3) is 5.69 Å². The lowest BCUT2D eigenvalue weighted by molar-refractivity contribution is 0.224. The van der Waals surface area contributed by atoms with E-state index in [1.165, 1.54) is 0 Å². The van der Waals surface area contributed by atoms with Crippen LogP contribution in [-0.2, 0) is 0 Å². The molecule has 2 atom stereocenters. The van der Waals surface area contributed by atoms with Crippen molar-refractivity contribution in [2.45, 2.75) is 40.2 Å². The Morgan fingerprint density at radius 1 is 1.19 bits per heavy atom. The molecule has 0 bridgehead atoms. The summed E-state index contributed by atoms with van der Waals surface area (Å²) in [6, 6.07) is 10.4. The van der Waals surface area contributed by atoms with Crippen molar-refractivity contribution in [2.75, 3.05) is 7.05 Å². The fourth-order valence-corrected chi connectivity index (χ4v) is 2.34. The first-order chi connectivity index (χ1) is 9.93. The Kier molecular flexibility index (Phi) is 4.78. The molecule has 0 aliphatic carbocycles. The molecular weight excluding hydrogens is 260 g/mol. The number of benzene rings is 1. The quantitative estimate of drug-likeness (QED) is 0.913. The van der Waals surface area contributed by atoms with Crippen molar-refractivity contribution in [2.24, 2.45) is 11.3 Å². The van der Waals surface area contributed by atoms with Crippen LogP contribution in [0, 0.1) is 11.3 Å². The molecule has 2 rings (SSSR count). The van der Waals surface area contributed by atoms with Gasteiger partial charge in [0.2, 0.25) is 0 Å². The molecule has 0 amide bonds. The molecule has 0 aliphatic heterocycles. The Hall–Kier alpha value is -1.68. The fourth-order valence-electron chi connectivity index (χ4n) is 2.34. The van der Waals surface area contributed by atoms with E-state index in [4.69, 9.17) is 0 Å². The van der Waals surface area contributed by atoms with Gasteiger partial charge >= 0.3 is 0 Å². The molecule has 1 aromatic carbocycles. The largest absolute Gasteiger partial charge is 0.312 e. The Balaban J connectivity index is 2.26. The first-order valence-corrected chi connectivity index (χ1v) is 7.56. The Bertz CT molecular complexity index is 554. The van der Waals surface area contributed by atoms with Crippen LogP contribution in [-0.4, -0.2) is 22.0 Å². The van der Waals surface area contributed by atoms with Gasteiger partial charge in [-0.1, -0.05) is 51.1 Å². The number of nitrogens with zero attached hydrogens (tertiary/aromatic N) is 3. The van der Waals surface area contributed by atoms with Crippen LogP contribution in [0.15, 0.2) is 36.5 Å². The average Bonchev–Trinajstić information content (AvgIpc) is 2.93. The molecule has 4 nitrogen and oxygen atoms in total. The number of aromatic nitrogens is 3. The van der Waals surface area contributed by atoms with Crippen molar-refractivity contribution < 1.29 is 0 Å². The zero-order chi connectivity index (χ0) is 15.5. The van der Waals surface area contributed by atoms with Crippen molar-refractivity contribution in [1.82, 2.24) is 20.3 Å². The van der Waals surface area contributed by atoms with Crippen molar-refractivity contribution >= 4 is 0 Å². The van der Waals surface area contributed by atoms with E-state index in [1.807, 2.05) is 36.1 Å². The maximum absolute atomic E-state index is 4.25. The van der Waals surface area contributed by atoms with E-state index < -0.39 is 0 Å². The van der Waals surface area contributed by atoms with Crippen molar-refractivity contribution in [3.05, 3.63) is 42.2 Å². The van der Waals surface area contributed by atoms with Crippen molar-refractivity contribution in [3.63, 3.8) is 0 Å². The molecule has 0 saturated carbocycles. The predicted molar refractivity (Wildman–Crippen MR) is 86.4 cm³/mol. The van der Waals surface area contributed by atoms with E-state index in [-0.39, 0.29) is 6.04 Å². The third-order valence-corrected chi connectivity index (χ3v) is 4.35. The molecule has 2 unspecified atom stereocenters. The zero-order valence-electron chi connectivity index (χ0n) is 13.7. The van der Waals surface area contributed by atoms with Crippen LogP contribution in [0.4, 0.5) is 0 Å². The highest BCUT2D eigenvalue weighted by Crippen LogP contribution is 2.33. The Morgan fingerprint density at radius 3 is 2.43 bits per heavy atom. The number of nitrogens with one attached hydrogen (secondary N) is 1. The summed E-state index contributed by atoms with van der Waals surface area (Å²) < 4.78 is 1.93. The molecule has 21 heavy (non-hydrogen) atoms. The summed E-state index contributed by atoms with van der Waals surface area (Å²) in [4.78, 5) is 0. The van der Waals surface area contributed by atoms with Gasteiger partial charge in [0.15, 0.2) is 0 Å². The minimum atomic E-state index is 0.245. The van der Waals surface area contributed by atoms with Gasteiger partial charge < -0.3 is 5.32 Å². The Labute approximate surface area is 127 Å². The highest BCUT2D eigenvalue weighted by atomic mass is 15.4. The first kappa shape index (κ1) is 15.7. The summed E-state index contributed by atoms with van der Waals surface area (Å²) in [5, 5.41) is 11.8. The van der Waals surface area contributed by atoms with Gasteiger partial charge in [-0.15, -0.1) is 5.10 Å². The van der Waals surface area contributed by atoms with Crippen LogP contribution in [0.2, 0.25) is 0 Å². The molecule has 1 aromatic heterocycles. The lowest BCUT2D eigenvalue weighted by Crippen LogP contribution is -2.27. The predicted octanol–water partition coefficient (Wildman–Crippen LogP) is 3.60. The van der Waals surface area contributed by atoms with Crippen LogP contribution in [0.3, 0.4) is 0 Å². The molecule has 0 aliphatic rings. The van der Waals surface area contributed by atoms with Crippen LogP contribution < -0.4 is 5.32 Å². The maximum Gasteiger partial charge on any atom is 0.0815 e. The van der Waals surface area contributed by atoms with E-state index in [0.29, 0.717) is 11.3 Å². The Morgan fingerprint density at radius 2 is 1.86 bits per heavy atom. The topological polar surface area (TPSA) is 42.7 Å². The van der Waals surface area contributed by atoms with Crippen molar-refractivity contribution in [1.29, 1.82) is 0 Å². The monoisotopic (exact) mass is 286 g/mol. The first-order valence-electron chi connectivity index (χ1n) is 7.56. The van der Waals surface area contributed by atoms with E-state index >= 15 is 0 Å². The molecular formula is C17H26N4. The summed E-state index contributed by atoms with van der Waals surface area (Å²) in [7, 11) is 2.00. The highest BCUT2D eigenvalue weighted by molar-refractivity contribution is 5.32. The second-order valence-electron chi connectivity index (χ2n) is 6.75. The van der Waals surface area contributed by atoms with E-state index in [9.17, 15) is 0 Å². The van der Waals surface area contributed by atoms with Gasteiger partial charge in [-0.3, -0.25) is 0 Å². The molecule has 1 heterocycles. The van der Waals surface area contributed by atoms with E-state index in [1.54, 1.807) is 0 Å². The van der Waals surface area contributed by atoms with Gasteiger partial charge in [-0.2, -0.15) is 0 Å². The summed E-state index contributed by atoms with van der Waals surface area (Å²) in [5.74, 6) is 0.592. The molecule has 0 fully saturated rings. The maximum atomic E-state index is 4.25. The number of hydrogen-bond acceptors (Lipinski definition) is 3. The van der Waals surface area contributed by atoms with Gasteiger partial charge in [0.25, 0.3) is 0 Å². The molecule has 1 N–H and O–H groups in total. The van der Waals surface area contributed by atoms with Gasteiger partial charge in [-0.25, -0.2) is 4.68 Å². The lowest BCUT2D eigenvalue weighted by Gasteiger charge is -2.30. The summed E-state index contributed by atoms with van der Waals surface area (Å²) in [6.45, 7) is 9.17.